The predicted molar refractivity (Wildman–Crippen MR) is 102 cm³/mol. The van der Waals surface area contributed by atoms with Gasteiger partial charge in [0.15, 0.2) is 5.78 Å². The van der Waals surface area contributed by atoms with Gasteiger partial charge < -0.3 is 19.3 Å². The molecule has 0 radical (unpaired) electrons. The molecule has 0 aromatic carbocycles. The molecule has 0 unspecified atom stereocenters. The van der Waals surface area contributed by atoms with Crippen molar-refractivity contribution in [1.82, 2.24) is 9.88 Å². The smallest absolute Gasteiger partial charge is 0.410 e. The highest BCUT2D eigenvalue weighted by atomic mass is 16.6. The number of Topliss-reactive ketones (excluding diaryl/α,β-unsaturated/α-hetero) is 1. The summed E-state index contributed by atoms with van der Waals surface area (Å²) < 4.78 is 10.8. The van der Waals surface area contributed by atoms with Crippen LogP contribution in [0.15, 0.2) is 18.3 Å². The van der Waals surface area contributed by atoms with Crippen LogP contribution < -0.4 is 4.90 Å². The summed E-state index contributed by atoms with van der Waals surface area (Å²) in [6, 6.07) is 3.77. The summed E-state index contributed by atoms with van der Waals surface area (Å²) in [4.78, 5) is 33.2. The van der Waals surface area contributed by atoms with Crippen LogP contribution in [0.25, 0.3) is 0 Å². The van der Waals surface area contributed by atoms with Crippen molar-refractivity contribution in [3.63, 3.8) is 0 Å². The molecule has 7 heteroatoms. The molecule has 7 nitrogen and oxygen atoms in total. The standard InChI is InChI=1S/C20H29N3O4/c1-20(2,3)27-19(25)23-8-6-15(7-9-23)18(24)16-4-5-17(21-14-16)22-10-12-26-13-11-22/h4-5,14-15H,6-13H2,1-3H3. The number of likely N-dealkylation sites (tertiary alicyclic amines) is 1. The summed E-state index contributed by atoms with van der Waals surface area (Å²) in [6.45, 7) is 9.72. The van der Waals surface area contributed by atoms with Gasteiger partial charge in [0, 0.05) is 43.9 Å². The summed E-state index contributed by atoms with van der Waals surface area (Å²) in [5, 5.41) is 0. The summed E-state index contributed by atoms with van der Waals surface area (Å²) in [7, 11) is 0. The maximum absolute atomic E-state index is 12.8. The van der Waals surface area contributed by atoms with Crippen molar-refractivity contribution in [3.8, 4) is 0 Å². The van der Waals surface area contributed by atoms with E-state index in [1.54, 1.807) is 11.1 Å². The average Bonchev–Trinajstić information content (AvgIpc) is 2.67. The Morgan fingerprint density at radius 2 is 1.78 bits per heavy atom. The molecule has 0 atom stereocenters. The number of carbonyl (C=O) groups excluding carboxylic acids is 2. The van der Waals surface area contributed by atoms with E-state index < -0.39 is 5.60 Å². The summed E-state index contributed by atoms with van der Waals surface area (Å²) >= 11 is 0. The number of piperidine rings is 1. The zero-order valence-electron chi connectivity index (χ0n) is 16.4. The number of ketones is 1. The molecule has 1 amide bonds. The average molecular weight is 375 g/mol. The molecule has 1 aromatic heterocycles. The van der Waals surface area contributed by atoms with Crippen LogP contribution in [0.5, 0.6) is 0 Å². The maximum Gasteiger partial charge on any atom is 0.410 e. The lowest BCUT2D eigenvalue weighted by Crippen LogP contribution is -2.43. The van der Waals surface area contributed by atoms with Crippen LogP contribution in [0.2, 0.25) is 0 Å². The van der Waals surface area contributed by atoms with Gasteiger partial charge in [-0.05, 0) is 45.7 Å². The van der Waals surface area contributed by atoms with E-state index in [4.69, 9.17) is 9.47 Å². The van der Waals surface area contributed by atoms with Gasteiger partial charge in [0.05, 0.1) is 13.2 Å². The highest BCUT2D eigenvalue weighted by Gasteiger charge is 2.30. The number of nitrogens with zero attached hydrogens (tertiary/aromatic N) is 3. The number of aromatic nitrogens is 1. The van der Waals surface area contributed by atoms with Crippen LogP contribution in [-0.4, -0.2) is 66.8 Å². The van der Waals surface area contributed by atoms with E-state index in [-0.39, 0.29) is 17.8 Å². The van der Waals surface area contributed by atoms with Gasteiger partial charge in [-0.2, -0.15) is 0 Å². The third kappa shape index (κ3) is 5.19. The van der Waals surface area contributed by atoms with Crippen LogP contribution in [-0.2, 0) is 9.47 Å². The number of anilines is 1. The molecule has 3 rings (SSSR count). The molecule has 0 spiro atoms. The molecule has 2 aliphatic heterocycles. The minimum Gasteiger partial charge on any atom is -0.444 e. The normalized spacial score (nSPS) is 19.1. The minimum absolute atomic E-state index is 0.0697. The fourth-order valence-electron chi connectivity index (χ4n) is 3.40. The Kier molecular flexibility index (Phi) is 5.99. The second-order valence-corrected chi connectivity index (χ2v) is 8.11. The van der Waals surface area contributed by atoms with Gasteiger partial charge >= 0.3 is 6.09 Å². The van der Waals surface area contributed by atoms with E-state index in [0.29, 0.717) is 44.7 Å². The lowest BCUT2D eigenvalue weighted by Gasteiger charge is -2.33. The number of morpholine rings is 1. The Balaban J connectivity index is 1.54. The Morgan fingerprint density at radius 3 is 2.33 bits per heavy atom. The van der Waals surface area contributed by atoms with Crippen molar-refractivity contribution in [1.29, 1.82) is 0 Å². The first-order valence-corrected chi connectivity index (χ1v) is 9.64. The van der Waals surface area contributed by atoms with Gasteiger partial charge in [0.25, 0.3) is 0 Å². The summed E-state index contributed by atoms with van der Waals surface area (Å²) in [5.74, 6) is 0.925. The van der Waals surface area contributed by atoms with Crippen molar-refractivity contribution in [2.24, 2.45) is 5.92 Å². The van der Waals surface area contributed by atoms with Crippen LogP contribution >= 0.6 is 0 Å². The molecule has 0 N–H and O–H groups in total. The third-order valence-corrected chi connectivity index (χ3v) is 4.88. The largest absolute Gasteiger partial charge is 0.444 e. The number of hydrogen-bond acceptors (Lipinski definition) is 6. The van der Waals surface area contributed by atoms with Crippen molar-refractivity contribution < 1.29 is 19.1 Å². The summed E-state index contributed by atoms with van der Waals surface area (Å²) in [6.07, 6.45) is 2.69. The SMILES string of the molecule is CC(C)(C)OC(=O)N1CCC(C(=O)c2ccc(N3CCOCC3)nc2)CC1. The minimum atomic E-state index is -0.502. The zero-order valence-corrected chi connectivity index (χ0v) is 16.4. The van der Waals surface area contributed by atoms with Gasteiger partial charge in [-0.15, -0.1) is 0 Å². The van der Waals surface area contributed by atoms with Crippen LogP contribution in [0.4, 0.5) is 10.6 Å². The molecule has 3 heterocycles. The Labute approximate surface area is 160 Å². The molecule has 2 aliphatic rings. The summed E-state index contributed by atoms with van der Waals surface area (Å²) in [5.41, 5.74) is 0.139. The monoisotopic (exact) mass is 375 g/mol. The van der Waals surface area contributed by atoms with Gasteiger partial charge in [-0.1, -0.05) is 0 Å². The molecule has 148 valence electrons. The van der Waals surface area contributed by atoms with Gasteiger partial charge in [0.2, 0.25) is 0 Å². The second-order valence-electron chi connectivity index (χ2n) is 8.11. The van der Waals surface area contributed by atoms with Gasteiger partial charge in [0.1, 0.15) is 11.4 Å². The number of hydrogen-bond donors (Lipinski definition) is 0. The number of pyridine rings is 1. The van der Waals surface area contributed by atoms with Gasteiger partial charge in [-0.25, -0.2) is 9.78 Å². The molecule has 0 bridgehead atoms. The van der Waals surface area contributed by atoms with Crippen LogP contribution in [0.1, 0.15) is 44.0 Å². The van der Waals surface area contributed by atoms with Crippen LogP contribution in [0.3, 0.4) is 0 Å². The predicted octanol–water partition coefficient (Wildman–Crippen LogP) is 2.75. The molecule has 0 saturated carbocycles. The second kappa shape index (κ2) is 8.25. The number of amides is 1. The first kappa shape index (κ1) is 19.6. The fraction of sp³-hybridized carbons (Fsp3) is 0.650. The molecular formula is C20H29N3O4. The highest BCUT2D eigenvalue weighted by Crippen LogP contribution is 2.24. The lowest BCUT2D eigenvalue weighted by molar-refractivity contribution is 0.0182. The van der Waals surface area contributed by atoms with Crippen LogP contribution in [0, 0.1) is 5.92 Å². The molecule has 27 heavy (non-hydrogen) atoms. The number of carbonyl (C=O) groups is 2. The maximum atomic E-state index is 12.8. The van der Waals surface area contributed by atoms with E-state index in [0.717, 1.165) is 18.9 Å². The molecular weight excluding hydrogens is 346 g/mol. The van der Waals surface area contributed by atoms with E-state index in [1.165, 1.54) is 0 Å². The molecule has 1 aromatic rings. The number of ether oxygens (including phenoxy) is 2. The van der Waals surface area contributed by atoms with E-state index >= 15 is 0 Å². The van der Waals surface area contributed by atoms with Crippen molar-refractivity contribution in [2.45, 2.75) is 39.2 Å². The highest BCUT2D eigenvalue weighted by molar-refractivity contribution is 5.97. The molecule has 2 saturated heterocycles. The van der Waals surface area contributed by atoms with E-state index in [9.17, 15) is 9.59 Å². The first-order chi connectivity index (χ1) is 12.8. The van der Waals surface area contributed by atoms with Crippen molar-refractivity contribution in [3.05, 3.63) is 23.9 Å². The van der Waals surface area contributed by atoms with E-state index in [2.05, 4.69) is 9.88 Å². The number of rotatable bonds is 3. The van der Waals surface area contributed by atoms with E-state index in [1.807, 2.05) is 32.9 Å². The quantitative estimate of drug-likeness (QED) is 0.757. The third-order valence-electron chi connectivity index (χ3n) is 4.88. The Morgan fingerprint density at radius 1 is 1.11 bits per heavy atom. The Bertz CT molecular complexity index is 655. The Hall–Kier alpha value is -2.15. The fourth-order valence-corrected chi connectivity index (χ4v) is 3.40. The lowest BCUT2D eigenvalue weighted by atomic mass is 9.89. The van der Waals surface area contributed by atoms with Crippen molar-refractivity contribution >= 4 is 17.7 Å². The topological polar surface area (TPSA) is 72.0 Å². The molecule has 2 fully saturated rings. The molecule has 0 aliphatic carbocycles. The first-order valence-electron chi connectivity index (χ1n) is 9.64. The zero-order chi connectivity index (χ0) is 19.4. The van der Waals surface area contributed by atoms with Gasteiger partial charge in [-0.3, -0.25) is 4.79 Å². The van der Waals surface area contributed by atoms with Crippen molar-refractivity contribution in [2.75, 3.05) is 44.3 Å².